The standard InChI is InChI=1S/C71H52N2SSi/c1-45-26-33-51(34-27-45)75(52-35-28-46(2)29-36-52)69-25-15-11-21-58(69)62-43-64-66(44-70(62)75)73(65-23-13-12-22-63(65)71(64,3)4)50-31-38-56-55-37-30-48(40-59(55)53-18-8-9-19-54(53)60(56)41-50)72(47-16-6-5-7-17-47)49-32-39-68-61(42-49)57-20-10-14-24-67(57)74-68/h5-44H,1-4H3. The molecule has 1 aromatic heterocycles. The first-order valence-electron chi connectivity index (χ1n) is 26.2. The van der Waals surface area contributed by atoms with Crippen molar-refractivity contribution in [3.05, 3.63) is 265 Å². The van der Waals surface area contributed by atoms with E-state index >= 15 is 0 Å². The van der Waals surface area contributed by atoms with Crippen molar-refractivity contribution < 1.29 is 0 Å². The summed E-state index contributed by atoms with van der Waals surface area (Å²) in [5.41, 5.74) is 14.7. The van der Waals surface area contributed by atoms with E-state index < -0.39 is 8.07 Å². The summed E-state index contributed by atoms with van der Waals surface area (Å²) in [6.07, 6.45) is 0. The van der Waals surface area contributed by atoms with Gasteiger partial charge in [-0.2, -0.15) is 0 Å². The average Bonchev–Trinajstić information content (AvgIpc) is 4.01. The highest BCUT2D eigenvalue weighted by molar-refractivity contribution is 7.25. The minimum Gasteiger partial charge on any atom is -0.310 e. The molecule has 0 radical (unpaired) electrons. The zero-order valence-electron chi connectivity index (χ0n) is 42.4. The first-order valence-corrected chi connectivity index (χ1v) is 29.0. The van der Waals surface area contributed by atoms with E-state index in [0.717, 1.165) is 22.7 Å². The molecule has 0 saturated heterocycles. The van der Waals surface area contributed by atoms with Gasteiger partial charge >= 0.3 is 0 Å². The molecule has 3 heterocycles. The topological polar surface area (TPSA) is 6.48 Å². The summed E-state index contributed by atoms with van der Waals surface area (Å²) in [5, 5.41) is 15.8. The Labute approximate surface area is 443 Å². The second kappa shape index (κ2) is 16.5. The number of anilines is 6. The molecular formula is C71H52N2SSi. The highest BCUT2D eigenvalue weighted by Gasteiger charge is 2.50. The molecule has 2 aliphatic rings. The minimum atomic E-state index is -2.82. The number of aryl methyl sites for hydroxylation is 2. The molecule has 0 saturated carbocycles. The normalized spacial score (nSPS) is 14.1. The van der Waals surface area contributed by atoms with Crippen LogP contribution in [0, 0.1) is 13.8 Å². The van der Waals surface area contributed by atoms with Crippen molar-refractivity contribution in [1.82, 2.24) is 0 Å². The Hall–Kier alpha value is -8.54. The Balaban J connectivity index is 0.945. The van der Waals surface area contributed by atoms with Crippen molar-refractivity contribution in [3.8, 4) is 11.1 Å². The molecule has 356 valence electrons. The number of hydrogen-bond donors (Lipinski definition) is 0. The Bertz CT molecular complexity index is 4410. The van der Waals surface area contributed by atoms with Gasteiger partial charge in [0.1, 0.15) is 0 Å². The van der Waals surface area contributed by atoms with Crippen LogP contribution >= 0.6 is 11.3 Å². The van der Waals surface area contributed by atoms with E-state index in [9.17, 15) is 0 Å². The molecule has 2 aliphatic heterocycles. The third-order valence-electron chi connectivity index (χ3n) is 16.8. The van der Waals surface area contributed by atoms with Gasteiger partial charge < -0.3 is 9.80 Å². The maximum absolute atomic E-state index is 2.82. The lowest BCUT2D eigenvalue weighted by Crippen LogP contribution is -2.72. The lowest BCUT2D eigenvalue weighted by atomic mass is 9.73. The molecule has 4 heteroatoms. The van der Waals surface area contributed by atoms with Crippen molar-refractivity contribution >= 4 is 127 Å². The van der Waals surface area contributed by atoms with Gasteiger partial charge in [-0.1, -0.05) is 189 Å². The van der Waals surface area contributed by atoms with E-state index in [1.165, 1.54) is 118 Å². The predicted octanol–water partition coefficient (Wildman–Crippen LogP) is 17.1. The van der Waals surface area contributed by atoms with Gasteiger partial charge in [0.2, 0.25) is 0 Å². The van der Waals surface area contributed by atoms with Crippen LogP contribution in [0.1, 0.15) is 36.1 Å². The smallest absolute Gasteiger partial charge is 0.180 e. The van der Waals surface area contributed by atoms with Gasteiger partial charge in [0.05, 0.1) is 11.4 Å². The fraction of sp³-hybridized carbons (Fsp3) is 0.0704. The average molecular weight is 993 g/mol. The van der Waals surface area contributed by atoms with Gasteiger partial charge in [-0.15, -0.1) is 11.3 Å². The highest BCUT2D eigenvalue weighted by atomic mass is 32.1. The van der Waals surface area contributed by atoms with Gasteiger partial charge in [-0.3, -0.25) is 0 Å². The zero-order valence-corrected chi connectivity index (χ0v) is 44.2. The van der Waals surface area contributed by atoms with Crippen molar-refractivity contribution in [3.63, 3.8) is 0 Å². The van der Waals surface area contributed by atoms with Crippen molar-refractivity contribution in [1.29, 1.82) is 0 Å². The molecule has 13 aromatic rings. The number of para-hydroxylation sites is 2. The van der Waals surface area contributed by atoms with Crippen LogP contribution in [0.25, 0.3) is 63.6 Å². The van der Waals surface area contributed by atoms with Crippen LogP contribution < -0.4 is 30.5 Å². The van der Waals surface area contributed by atoms with Gasteiger partial charge in [0, 0.05) is 48.3 Å². The predicted molar refractivity (Wildman–Crippen MR) is 325 cm³/mol. The number of thiophene rings is 1. The molecule has 2 nitrogen and oxygen atoms in total. The lowest BCUT2D eigenvalue weighted by Gasteiger charge is -2.43. The van der Waals surface area contributed by atoms with Crippen LogP contribution in [0.4, 0.5) is 34.1 Å². The number of hydrogen-bond acceptors (Lipinski definition) is 3. The van der Waals surface area contributed by atoms with Crippen LogP contribution in [0.5, 0.6) is 0 Å². The van der Waals surface area contributed by atoms with E-state index in [1.54, 1.807) is 0 Å². The summed E-state index contributed by atoms with van der Waals surface area (Å²) in [6, 6.07) is 92.6. The van der Waals surface area contributed by atoms with E-state index in [1.807, 2.05) is 11.3 Å². The summed E-state index contributed by atoms with van der Waals surface area (Å²) in [4.78, 5) is 5.01. The second-order valence-corrected chi connectivity index (χ2v) is 26.2. The molecule has 15 rings (SSSR count). The van der Waals surface area contributed by atoms with Crippen LogP contribution in [0.3, 0.4) is 0 Å². The molecule has 0 aliphatic carbocycles. The summed E-state index contributed by atoms with van der Waals surface area (Å²) < 4.78 is 2.62. The Morgan fingerprint density at radius 1 is 0.373 bits per heavy atom. The highest BCUT2D eigenvalue weighted by Crippen LogP contribution is 2.54. The van der Waals surface area contributed by atoms with Crippen molar-refractivity contribution in [2.45, 2.75) is 33.1 Å². The third kappa shape index (κ3) is 6.43. The number of benzene rings is 12. The molecule has 0 unspecified atom stereocenters. The van der Waals surface area contributed by atoms with Crippen LogP contribution in [-0.4, -0.2) is 8.07 Å². The Morgan fingerprint density at radius 2 is 0.933 bits per heavy atom. The molecule has 0 fully saturated rings. The summed E-state index contributed by atoms with van der Waals surface area (Å²) in [7, 11) is -2.82. The maximum atomic E-state index is 2.63. The number of nitrogens with zero attached hydrogens (tertiary/aromatic N) is 2. The SMILES string of the molecule is Cc1ccc([Si]2(c3ccc(C)cc3)c3ccccc3-c3cc4c(cc32)N(c2ccc3c5ccc(N(c6ccccc6)c6ccc7sc8ccccc8c7c6)cc5c5ccccc5c3c2)c2ccccc2C4(C)C)cc1. The molecule has 0 bridgehead atoms. The summed E-state index contributed by atoms with van der Waals surface area (Å²) in [5.74, 6) is 0. The molecule has 75 heavy (non-hydrogen) atoms. The monoisotopic (exact) mass is 992 g/mol. The fourth-order valence-electron chi connectivity index (χ4n) is 13.2. The van der Waals surface area contributed by atoms with Gasteiger partial charge in [0.25, 0.3) is 0 Å². The third-order valence-corrected chi connectivity index (χ3v) is 22.8. The summed E-state index contributed by atoms with van der Waals surface area (Å²) >= 11 is 1.86. The molecular weight excluding hydrogens is 941 g/mol. The molecule has 0 amide bonds. The van der Waals surface area contributed by atoms with Crippen LogP contribution in [0.2, 0.25) is 0 Å². The van der Waals surface area contributed by atoms with E-state index in [-0.39, 0.29) is 5.41 Å². The largest absolute Gasteiger partial charge is 0.310 e. The van der Waals surface area contributed by atoms with Crippen molar-refractivity contribution in [2.75, 3.05) is 9.80 Å². The summed E-state index contributed by atoms with van der Waals surface area (Å²) in [6.45, 7) is 9.26. The zero-order chi connectivity index (χ0) is 50.2. The lowest BCUT2D eigenvalue weighted by molar-refractivity contribution is 0.632. The van der Waals surface area contributed by atoms with Crippen LogP contribution in [0.15, 0.2) is 243 Å². The first-order chi connectivity index (χ1) is 36.8. The second-order valence-electron chi connectivity index (χ2n) is 21.4. The van der Waals surface area contributed by atoms with Gasteiger partial charge in [-0.25, -0.2) is 0 Å². The quantitative estimate of drug-likeness (QED) is 0.121. The van der Waals surface area contributed by atoms with Gasteiger partial charge in [0.15, 0.2) is 8.07 Å². The van der Waals surface area contributed by atoms with E-state index in [4.69, 9.17) is 0 Å². The molecule has 0 spiro atoms. The minimum absolute atomic E-state index is 0.263. The maximum Gasteiger partial charge on any atom is 0.180 e. The van der Waals surface area contributed by atoms with E-state index in [0.29, 0.717) is 0 Å². The van der Waals surface area contributed by atoms with Gasteiger partial charge in [-0.05, 0) is 168 Å². The number of rotatable bonds is 6. The van der Waals surface area contributed by atoms with Crippen molar-refractivity contribution in [2.24, 2.45) is 0 Å². The molecule has 12 aromatic carbocycles. The Morgan fingerprint density at radius 3 is 1.67 bits per heavy atom. The number of fused-ring (bicyclic) bond motifs is 14. The Kier molecular flexibility index (Phi) is 9.67. The fourth-order valence-corrected chi connectivity index (χ4v) is 19.5. The first kappa shape index (κ1) is 44.0. The van der Waals surface area contributed by atoms with Crippen LogP contribution in [-0.2, 0) is 5.41 Å². The van der Waals surface area contributed by atoms with E-state index in [2.05, 4.69) is 280 Å². The molecule has 0 atom stereocenters. The molecule has 0 N–H and O–H groups in total.